The summed E-state index contributed by atoms with van der Waals surface area (Å²) in [5.41, 5.74) is 9.97. The van der Waals surface area contributed by atoms with E-state index < -0.39 is 5.97 Å². The number of aromatic hydroxyl groups is 1. The smallest absolute Gasteiger partial charge is 0.330 e. The van der Waals surface area contributed by atoms with Crippen LogP contribution in [0.1, 0.15) is 33.4 Å². The lowest BCUT2D eigenvalue weighted by Crippen LogP contribution is -2.16. The first-order valence-corrected chi connectivity index (χ1v) is 14.9. The van der Waals surface area contributed by atoms with E-state index >= 15 is 0 Å². The Balaban J connectivity index is 1.41. The minimum Gasteiger partial charge on any atom is -0.508 e. The summed E-state index contributed by atoms with van der Waals surface area (Å²) in [5.74, 6) is 0.417. The highest BCUT2D eigenvalue weighted by atomic mass is 16.6. The summed E-state index contributed by atoms with van der Waals surface area (Å²) in [7, 11) is 0. The SMILES string of the molecule is C=CC(=O)OCCOc1ccc(C(=Cc2ccc(N(Cc3ccc(C)cc3)c3ccc(C)cc3)cc2)c2ccc(O)cc2)cc1. The van der Waals surface area contributed by atoms with Crippen LogP contribution >= 0.6 is 0 Å². The lowest BCUT2D eigenvalue weighted by atomic mass is 9.95. The number of hydrogen-bond acceptors (Lipinski definition) is 5. The number of phenolic OH excluding ortho intramolecular Hbond substituents is 1. The van der Waals surface area contributed by atoms with Crippen molar-refractivity contribution in [2.75, 3.05) is 18.1 Å². The van der Waals surface area contributed by atoms with Gasteiger partial charge < -0.3 is 19.5 Å². The summed E-state index contributed by atoms with van der Waals surface area (Å²) in [6.07, 6.45) is 3.28. The molecule has 5 rings (SSSR count). The predicted octanol–water partition coefficient (Wildman–Crippen LogP) is 9.04. The second-order valence-corrected chi connectivity index (χ2v) is 10.8. The molecular weight excluding hydrogens is 558 g/mol. The van der Waals surface area contributed by atoms with Gasteiger partial charge in [-0.25, -0.2) is 4.79 Å². The number of esters is 1. The van der Waals surface area contributed by atoms with Gasteiger partial charge in [-0.15, -0.1) is 0 Å². The fourth-order valence-corrected chi connectivity index (χ4v) is 4.92. The fraction of sp³-hybridized carbons (Fsp3) is 0.125. The van der Waals surface area contributed by atoms with Crippen molar-refractivity contribution in [3.8, 4) is 11.5 Å². The molecule has 0 radical (unpaired) electrons. The number of anilines is 2. The van der Waals surface area contributed by atoms with E-state index in [-0.39, 0.29) is 19.0 Å². The lowest BCUT2D eigenvalue weighted by molar-refractivity contribution is -0.138. The monoisotopic (exact) mass is 595 g/mol. The van der Waals surface area contributed by atoms with Crippen LogP contribution in [0.3, 0.4) is 0 Å². The number of carbonyl (C=O) groups is 1. The molecule has 0 aliphatic carbocycles. The van der Waals surface area contributed by atoms with E-state index in [0.29, 0.717) is 5.75 Å². The second kappa shape index (κ2) is 14.8. The number of ether oxygens (including phenoxy) is 2. The standard InChI is InChI=1S/C40H37NO4/c1-4-40(43)45-26-25-44-38-23-15-34(16-24-38)39(33-13-21-37(42)22-14-33)27-31-11-19-36(20-12-31)41(35-17-7-30(3)8-18-35)28-32-9-5-29(2)6-10-32/h4-24,27,42H,1,25-26,28H2,2-3H3. The minimum absolute atomic E-state index is 0.146. The van der Waals surface area contributed by atoms with Gasteiger partial charge in [0.25, 0.3) is 0 Å². The summed E-state index contributed by atoms with van der Waals surface area (Å²) in [5, 5.41) is 9.92. The molecule has 5 aromatic rings. The zero-order valence-electron chi connectivity index (χ0n) is 25.6. The molecule has 0 spiro atoms. The highest BCUT2D eigenvalue weighted by molar-refractivity contribution is 5.91. The number of benzene rings is 5. The summed E-state index contributed by atoms with van der Waals surface area (Å²) in [4.78, 5) is 13.6. The molecule has 0 atom stereocenters. The second-order valence-electron chi connectivity index (χ2n) is 10.8. The van der Waals surface area contributed by atoms with E-state index in [9.17, 15) is 9.90 Å². The largest absolute Gasteiger partial charge is 0.508 e. The number of hydrogen-bond donors (Lipinski definition) is 1. The summed E-state index contributed by atoms with van der Waals surface area (Å²) in [6.45, 7) is 8.74. The maximum absolute atomic E-state index is 11.2. The molecule has 0 saturated heterocycles. The van der Waals surface area contributed by atoms with Crippen LogP contribution < -0.4 is 9.64 Å². The van der Waals surface area contributed by atoms with Gasteiger partial charge in [0.05, 0.1) is 0 Å². The van der Waals surface area contributed by atoms with Gasteiger partial charge in [0.1, 0.15) is 24.7 Å². The van der Waals surface area contributed by atoms with E-state index in [0.717, 1.165) is 46.3 Å². The van der Waals surface area contributed by atoms with Crippen molar-refractivity contribution in [1.29, 1.82) is 0 Å². The Labute approximate surface area is 265 Å². The van der Waals surface area contributed by atoms with Gasteiger partial charge in [0, 0.05) is 24.0 Å². The predicted molar refractivity (Wildman–Crippen MR) is 183 cm³/mol. The Kier molecular flexibility index (Phi) is 10.1. The molecule has 226 valence electrons. The Morgan fingerprint density at radius 2 is 1.24 bits per heavy atom. The van der Waals surface area contributed by atoms with Crippen LogP contribution in [0.2, 0.25) is 0 Å². The van der Waals surface area contributed by atoms with Gasteiger partial charge >= 0.3 is 5.97 Å². The van der Waals surface area contributed by atoms with E-state index in [4.69, 9.17) is 9.47 Å². The third kappa shape index (κ3) is 8.52. The Bertz CT molecular complexity index is 1740. The molecule has 0 heterocycles. The number of nitrogens with zero attached hydrogens (tertiary/aromatic N) is 1. The van der Waals surface area contributed by atoms with Gasteiger partial charge in [0.15, 0.2) is 0 Å². The first-order valence-electron chi connectivity index (χ1n) is 14.9. The molecule has 0 aromatic heterocycles. The molecule has 1 N–H and O–H groups in total. The molecular formula is C40H37NO4. The molecule has 0 aliphatic heterocycles. The van der Waals surface area contributed by atoms with E-state index in [1.54, 1.807) is 12.1 Å². The highest BCUT2D eigenvalue weighted by Gasteiger charge is 2.12. The number of phenols is 1. The molecule has 0 fully saturated rings. The van der Waals surface area contributed by atoms with Crippen LogP contribution in [0, 0.1) is 13.8 Å². The maximum atomic E-state index is 11.2. The Morgan fingerprint density at radius 3 is 1.82 bits per heavy atom. The molecule has 45 heavy (non-hydrogen) atoms. The number of rotatable bonds is 12. The van der Waals surface area contributed by atoms with Crippen molar-refractivity contribution in [3.63, 3.8) is 0 Å². The number of carbonyl (C=O) groups excluding carboxylic acids is 1. The maximum Gasteiger partial charge on any atom is 0.330 e. The van der Waals surface area contributed by atoms with Crippen molar-refractivity contribution in [3.05, 3.63) is 167 Å². The van der Waals surface area contributed by atoms with Crippen LogP contribution in [0.15, 0.2) is 134 Å². The first kappa shape index (κ1) is 30.9. The van der Waals surface area contributed by atoms with Crippen LogP contribution in [-0.4, -0.2) is 24.3 Å². The molecule has 0 amide bonds. The minimum atomic E-state index is -0.472. The van der Waals surface area contributed by atoms with Crippen LogP contribution in [-0.2, 0) is 16.1 Å². The van der Waals surface area contributed by atoms with Crippen molar-refractivity contribution in [2.24, 2.45) is 0 Å². The molecule has 5 nitrogen and oxygen atoms in total. The molecule has 5 aromatic carbocycles. The Morgan fingerprint density at radius 1 is 0.711 bits per heavy atom. The van der Waals surface area contributed by atoms with Gasteiger partial charge in [-0.05, 0) is 96.3 Å². The van der Waals surface area contributed by atoms with Gasteiger partial charge in [-0.2, -0.15) is 0 Å². The molecule has 0 saturated carbocycles. The van der Waals surface area contributed by atoms with Gasteiger partial charge in [-0.3, -0.25) is 0 Å². The van der Waals surface area contributed by atoms with Crippen LogP contribution in [0.5, 0.6) is 11.5 Å². The summed E-state index contributed by atoms with van der Waals surface area (Å²) >= 11 is 0. The molecule has 0 aliphatic rings. The number of aryl methyl sites for hydroxylation is 2. The fourth-order valence-electron chi connectivity index (χ4n) is 4.92. The van der Waals surface area contributed by atoms with E-state index in [1.807, 2.05) is 36.4 Å². The van der Waals surface area contributed by atoms with Crippen molar-refractivity contribution in [1.82, 2.24) is 0 Å². The van der Waals surface area contributed by atoms with Gasteiger partial charge in [-0.1, -0.05) is 90.5 Å². The average Bonchev–Trinajstić information content (AvgIpc) is 3.07. The highest BCUT2D eigenvalue weighted by Crippen LogP contribution is 2.32. The third-order valence-corrected chi connectivity index (χ3v) is 7.43. The quantitative estimate of drug-likeness (QED) is 0.0675. The normalized spacial score (nSPS) is 11.1. The van der Waals surface area contributed by atoms with Crippen molar-refractivity contribution < 1.29 is 19.4 Å². The summed E-state index contributed by atoms with van der Waals surface area (Å²) in [6, 6.07) is 40.9. The zero-order chi connectivity index (χ0) is 31.6. The van der Waals surface area contributed by atoms with Crippen LogP contribution in [0.25, 0.3) is 11.6 Å². The average molecular weight is 596 g/mol. The van der Waals surface area contributed by atoms with Crippen LogP contribution in [0.4, 0.5) is 11.4 Å². The van der Waals surface area contributed by atoms with Gasteiger partial charge in [0.2, 0.25) is 0 Å². The Hall–Kier alpha value is -5.55. The van der Waals surface area contributed by atoms with E-state index in [1.165, 1.54) is 16.7 Å². The summed E-state index contributed by atoms with van der Waals surface area (Å²) < 4.78 is 10.7. The molecule has 5 heteroatoms. The first-order chi connectivity index (χ1) is 21.9. The third-order valence-electron chi connectivity index (χ3n) is 7.43. The lowest BCUT2D eigenvalue weighted by Gasteiger charge is -2.26. The molecule has 0 unspecified atom stereocenters. The van der Waals surface area contributed by atoms with Crippen molar-refractivity contribution >= 4 is 29.0 Å². The topological polar surface area (TPSA) is 59.0 Å². The van der Waals surface area contributed by atoms with Crippen molar-refractivity contribution in [2.45, 2.75) is 20.4 Å². The zero-order valence-corrected chi connectivity index (χ0v) is 25.6. The van der Waals surface area contributed by atoms with E-state index in [2.05, 4.69) is 104 Å². The molecule has 0 bridgehead atoms.